The number of anilines is 3. The van der Waals surface area contributed by atoms with Gasteiger partial charge in [0, 0.05) is 29.4 Å². The first-order valence-electron chi connectivity index (χ1n) is 9.53. The van der Waals surface area contributed by atoms with Gasteiger partial charge in [0.1, 0.15) is 5.82 Å². The molecular weight excluding hydrogens is 355 g/mol. The van der Waals surface area contributed by atoms with Crippen molar-refractivity contribution in [3.05, 3.63) is 60.4 Å². The van der Waals surface area contributed by atoms with Crippen molar-refractivity contribution in [1.29, 1.82) is 0 Å². The average molecular weight is 378 g/mol. The maximum Gasteiger partial charge on any atom is 0.225 e. The molecule has 0 unspecified atom stereocenters. The molecule has 0 aliphatic heterocycles. The first-order chi connectivity index (χ1) is 13.7. The van der Waals surface area contributed by atoms with Gasteiger partial charge in [-0.1, -0.05) is 43.2 Å². The second-order valence-corrected chi connectivity index (χ2v) is 6.93. The molecule has 4 rings (SSSR count). The van der Waals surface area contributed by atoms with Crippen molar-refractivity contribution in [2.24, 2.45) is 0 Å². The Balaban J connectivity index is 1.65. The molecule has 5 nitrogen and oxygen atoms in total. The highest BCUT2D eigenvalue weighted by atomic mass is 19.1. The summed E-state index contributed by atoms with van der Waals surface area (Å²) in [6, 6.07) is 17.0. The number of hydrogen-bond acceptors (Lipinski definition) is 5. The van der Waals surface area contributed by atoms with Gasteiger partial charge in [0.05, 0.1) is 12.8 Å². The third kappa shape index (κ3) is 4.22. The Bertz CT molecular complexity index is 943. The van der Waals surface area contributed by atoms with Gasteiger partial charge in [0.15, 0.2) is 11.6 Å². The summed E-state index contributed by atoms with van der Waals surface area (Å²) in [7, 11) is 1.45. The van der Waals surface area contributed by atoms with Gasteiger partial charge in [-0.2, -0.15) is 4.98 Å². The minimum Gasteiger partial charge on any atom is -0.494 e. The molecule has 1 fully saturated rings. The molecule has 0 atom stereocenters. The molecule has 3 aromatic rings. The molecule has 28 heavy (non-hydrogen) atoms. The zero-order chi connectivity index (χ0) is 19.3. The Hall–Kier alpha value is -3.15. The first kappa shape index (κ1) is 18.2. The number of nitrogens with zero attached hydrogens (tertiary/aromatic N) is 2. The molecule has 0 spiro atoms. The lowest BCUT2D eigenvalue weighted by atomic mass is 10.1. The number of benzene rings is 2. The fraction of sp³-hybridized carbons (Fsp3) is 0.273. The van der Waals surface area contributed by atoms with Crippen LogP contribution >= 0.6 is 0 Å². The van der Waals surface area contributed by atoms with Crippen LogP contribution in [0.1, 0.15) is 25.7 Å². The van der Waals surface area contributed by atoms with Crippen LogP contribution < -0.4 is 15.4 Å². The number of halogens is 1. The van der Waals surface area contributed by atoms with Crippen LogP contribution in [0.3, 0.4) is 0 Å². The molecule has 144 valence electrons. The molecule has 0 radical (unpaired) electrons. The van der Waals surface area contributed by atoms with Gasteiger partial charge in [0.2, 0.25) is 5.95 Å². The van der Waals surface area contributed by atoms with E-state index in [4.69, 9.17) is 9.72 Å². The summed E-state index contributed by atoms with van der Waals surface area (Å²) in [6.07, 6.45) is 4.72. The molecule has 1 aromatic heterocycles. The molecular formula is C22H23FN4O. The van der Waals surface area contributed by atoms with Crippen LogP contribution in [0.4, 0.5) is 21.8 Å². The molecule has 1 aliphatic rings. The molecule has 0 saturated heterocycles. The highest BCUT2D eigenvalue weighted by molar-refractivity contribution is 5.67. The standard InChI is InChI=1S/C22H23FN4O/c1-28-20-12-11-17(13-18(20)23)24-21-14-19(15-7-3-2-4-8-15)26-22(27-21)25-16-9-5-6-10-16/h2-4,7-8,11-14,16H,5-6,9-10H2,1H3,(H2,24,25,26,27). The van der Waals surface area contributed by atoms with Gasteiger partial charge >= 0.3 is 0 Å². The van der Waals surface area contributed by atoms with E-state index in [2.05, 4.69) is 15.6 Å². The minimum absolute atomic E-state index is 0.210. The van der Waals surface area contributed by atoms with Crippen LogP contribution in [0.5, 0.6) is 5.75 Å². The van der Waals surface area contributed by atoms with Gasteiger partial charge in [-0.15, -0.1) is 0 Å². The lowest BCUT2D eigenvalue weighted by Crippen LogP contribution is -2.17. The molecule has 0 bridgehead atoms. The molecule has 1 aliphatic carbocycles. The van der Waals surface area contributed by atoms with E-state index >= 15 is 0 Å². The zero-order valence-electron chi connectivity index (χ0n) is 15.8. The number of methoxy groups -OCH3 is 1. The summed E-state index contributed by atoms with van der Waals surface area (Å²) in [6.45, 7) is 0. The Kier molecular flexibility index (Phi) is 5.37. The Morgan fingerprint density at radius 1 is 1.00 bits per heavy atom. The number of hydrogen-bond donors (Lipinski definition) is 2. The molecule has 6 heteroatoms. The smallest absolute Gasteiger partial charge is 0.225 e. The van der Waals surface area contributed by atoms with E-state index in [-0.39, 0.29) is 5.75 Å². The second-order valence-electron chi connectivity index (χ2n) is 6.93. The van der Waals surface area contributed by atoms with Crippen molar-refractivity contribution in [3.8, 4) is 17.0 Å². The lowest BCUT2D eigenvalue weighted by molar-refractivity contribution is 0.386. The highest BCUT2D eigenvalue weighted by Gasteiger charge is 2.17. The molecule has 1 saturated carbocycles. The van der Waals surface area contributed by atoms with Crippen molar-refractivity contribution in [2.45, 2.75) is 31.7 Å². The molecule has 2 aromatic carbocycles. The van der Waals surface area contributed by atoms with Crippen LogP contribution in [0.25, 0.3) is 11.3 Å². The van der Waals surface area contributed by atoms with E-state index in [0.29, 0.717) is 23.5 Å². The van der Waals surface area contributed by atoms with Crippen molar-refractivity contribution in [2.75, 3.05) is 17.7 Å². The van der Waals surface area contributed by atoms with Gasteiger partial charge in [0.25, 0.3) is 0 Å². The van der Waals surface area contributed by atoms with E-state index in [9.17, 15) is 4.39 Å². The zero-order valence-corrected chi connectivity index (χ0v) is 15.8. The van der Waals surface area contributed by atoms with Gasteiger partial charge in [-0.25, -0.2) is 9.37 Å². The average Bonchev–Trinajstić information content (AvgIpc) is 3.22. The van der Waals surface area contributed by atoms with Crippen LogP contribution in [0.15, 0.2) is 54.6 Å². The summed E-state index contributed by atoms with van der Waals surface area (Å²) in [4.78, 5) is 9.30. The lowest BCUT2D eigenvalue weighted by Gasteiger charge is -2.15. The third-order valence-corrected chi connectivity index (χ3v) is 4.91. The summed E-state index contributed by atoms with van der Waals surface area (Å²) in [5, 5.41) is 6.64. The van der Waals surface area contributed by atoms with Crippen LogP contribution in [-0.4, -0.2) is 23.1 Å². The fourth-order valence-corrected chi connectivity index (χ4v) is 3.48. The second kappa shape index (κ2) is 8.25. The molecule has 2 N–H and O–H groups in total. The van der Waals surface area contributed by atoms with Crippen molar-refractivity contribution in [1.82, 2.24) is 9.97 Å². The topological polar surface area (TPSA) is 59.1 Å². The Labute approximate surface area is 164 Å². The fourth-order valence-electron chi connectivity index (χ4n) is 3.48. The van der Waals surface area contributed by atoms with E-state index in [1.165, 1.54) is 26.0 Å². The van der Waals surface area contributed by atoms with Crippen LogP contribution in [0.2, 0.25) is 0 Å². The summed E-state index contributed by atoms with van der Waals surface area (Å²) >= 11 is 0. The van der Waals surface area contributed by atoms with Crippen molar-refractivity contribution < 1.29 is 9.13 Å². The monoisotopic (exact) mass is 378 g/mol. The van der Waals surface area contributed by atoms with Gasteiger partial charge in [-0.3, -0.25) is 0 Å². The van der Waals surface area contributed by atoms with Crippen molar-refractivity contribution in [3.63, 3.8) is 0 Å². The summed E-state index contributed by atoms with van der Waals surface area (Å²) < 4.78 is 19.0. The summed E-state index contributed by atoms with van der Waals surface area (Å²) in [5.41, 5.74) is 2.42. The Morgan fingerprint density at radius 3 is 2.50 bits per heavy atom. The van der Waals surface area contributed by atoms with Crippen molar-refractivity contribution >= 4 is 17.5 Å². The predicted molar refractivity (Wildman–Crippen MR) is 110 cm³/mol. The third-order valence-electron chi connectivity index (χ3n) is 4.91. The Morgan fingerprint density at radius 2 is 1.79 bits per heavy atom. The predicted octanol–water partition coefficient (Wildman–Crippen LogP) is 5.39. The quantitative estimate of drug-likeness (QED) is 0.602. The summed E-state index contributed by atoms with van der Waals surface area (Å²) in [5.74, 6) is 0.986. The molecule has 0 amide bonds. The van der Waals surface area contributed by atoms with Gasteiger partial charge in [-0.05, 0) is 25.0 Å². The number of ether oxygens (including phenoxy) is 1. The number of nitrogens with one attached hydrogen (secondary N) is 2. The number of aromatic nitrogens is 2. The van der Waals surface area contributed by atoms with Crippen LogP contribution in [0, 0.1) is 5.82 Å². The van der Waals surface area contributed by atoms with E-state index in [1.54, 1.807) is 12.1 Å². The number of rotatable bonds is 6. The normalized spacial score (nSPS) is 14.1. The first-order valence-corrected chi connectivity index (χ1v) is 9.53. The minimum atomic E-state index is -0.422. The van der Waals surface area contributed by atoms with E-state index < -0.39 is 5.82 Å². The van der Waals surface area contributed by atoms with E-state index in [1.807, 2.05) is 36.4 Å². The molecule has 1 heterocycles. The largest absolute Gasteiger partial charge is 0.494 e. The van der Waals surface area contributed by atoms with E-state index in [0.717, 1.165) is 24.1 Å². The maximum atomic E-state index is 14.0. The van der Waals surface area contributed by atoms with Gasteiger partial charge < -0.3 is 15.4 Å². The van der Waals surface area contributed by atoms with Crippen LogP contribution in [-0.2, 0) is 0 Å². The maximum absolute atomic E-state index is 14.0. The SMILES string of the molecule is COc1ccc(Nc2cc(-c3ccccc3)nc(NC3CCCC3)n2)cc1F. The highest BCUT2D eigenvalue weighted by Crippen LogP contribution is 2.27.